The molecule has 0 aliphatic carbocycles. The van der Waals surface area contributed by atoms with Crippen molar-refractivity contribution in [3.8, 4) is 0 Å². The molecule has 3 heteroatoms. The average molecular weight is 209 g/mol. The minimum Gasteiger partial charge on any atom is -0.541 e. The predicted octanol–water partition coefficient (Wildman–Crippen LogP) is 0.731. The number of aromatic nitrogens is 1. The van der Waals surface area contributed by atoms with Gasteiger partial charge in [0.25, 0.3) is 0 Å². The molecule has 10 heavy (non-hydrogen) atoms. The van der Waals surface area contributed by atoms with Crippen molar-refractivity contribution >= 4 is 6.29 Å². The molecule has 49 valence electrons. The van der Waals surface area contributed by atoms with Crippen LogP contribution in [0, 0.1) is 0 Å². The fourth-order valence-electron chi connectivity index (χ4n) is 0.577. The Balaban J connectivity index is 0.000000810. The Bertz CT molecular complexity index is 188. The minimum atomic E-state index is 0. The topological polar surface area (TPSA) is 30.0 Å². The molecule has 1 radical (unpaired) electrons. The van der Waals surface area contributed by atoms with E-state index in [1.165, 1.54) is 0 Å². The zero-order valence-corrected chi connectivity index (χ0v) is 8.29. The van der Waals surface area contributed by atoms with Crippen LogP contribution in [0.25, 0.3) is 0 Å². The molecule has 0 amide bonds. The molecular formula is C7H6NOY-. The van der Waals surface area contributed by atoms with E-state index in [2.05, 4.69) is 4.98 Å². The maximum Gasteiger partial charge on any atom is 0.0270 e. The van der Waals surface area contributed by atoms with Gasteiger partial charge < -0.3 is 4.79 Å². The standard InChI is InChI=1S/C7H6NO.Y/c9-6-4-7-3-1-2-5-8-7;/h1-3,5H,4H2;/q-1;. The Morgan fingerprint density at radius 1 is 1.50 bits per heavy atom. The van der Waals surface area contributed by atoms with E-state index in [0.29, 0.717) is 6.42 Å². The first-order valence-electron chi connectivity index (χ1n) is 2.68. The van der Waals surface area contributed by atoms with Gasteiger partial charge in [-0.05, 0) is 12.1 Å². The summed E-state index contributed by atoms with van der Waals surface area (Å²) in [7, 11) is 0. The van der Waals surface area contributed by atoms with E-state index in [0.717, 1.165) is 5.69 Å². The van der Waals surface area contributed by atoms with Crippen LogP contribution in [0.2, 0.25) is 0 Å². The van der Waals surface area contributed by atoms with Gasteiger partial charge in [-0.3, -0.25) is 11.3 Å². The number of nitrogens with zero attached hydrogens (tertiary/aromatic N) is 1. The van der Waals surface area contributed by atoms with Crippen LogP contribution in [-0.4, -0.2) is 11.3 Å². The minimum absolute atomic E-state index is 0. The molecule has 0 unspecified atom stereocenters. The molecule has 0 aliphatic heterocycles. The summed E-state index contributed by atoms with van der Waals surface area (Å²) in [6.45, 7) is 0. The molecule has 0 saturated heterocycles. The molecule has 0 aromatic carbocycles. The van der Waals surface area contributed by atoms with Crippen LogP contribution in [-0.2, 0) is 43.9 Å². The second-order valence-corrected chi connectivity index (χ2v) is 1.64. The van der Waals surface area contributed by atoms with Crippen LogP contribution in [0.4, 0.5) is 0 Å². The second kappa shape index (κ2) is 5.69. The van der Waals surface area contributed by atoms with Gasteiger partial charge in [-0.1, -0.05) is 6.07 Å². The number of carbonyl (C=O) groups excluding carboxylic acids is 1. The third kappa shape index (κ3) is 3.18. The van der Waals surface area contributed by atoms with Gasteiger partial charge >= 0.3 is 0 Å². The molecular weight excluding hydrogens is 203 g/mol. The van der Waals surface area contributed by atoms with E-state index in [1.807, 2.05) is 12.1 Å². The maximum atomic E-state index is 9.81. The summed E-state index contributed by atoms with van der Waals surface area (Å²) in [4.78, 5) is 13.7. The summed E-state index contributed by atoms with van der Waals surface area (Å²) < 4.78 is 0. The Morgan fingerprint density at radius 2 is 2.30 bits per heavy atom. The van der Waals surface area contributed by atoms with Gasteiger partial charge in [0.2, 0.25) is 0 Å². The number of rotatable bonds is 2. The van der Waals surface area contributed by atoms with E-state index >= 15 is 0 Å². The summed E-state index contributed by atoms with van der Waals surface area (Å²) in [6.07, 6.45) is 3.72. The second-order valence-electron chi connectivity index (χ2n) is 1.64. The molecule has 1 heterocycles. The third-order valence-electron chi connectivity index (χ3n) is 0.979. The van der Waals surface area contributed by atoms with E-state index in [9.17, 15) is 4.79 Å². The van der Waals surface area contributed by atoms with E-state index in [-0.39, 0.29) is 32.7 Å². The van der Waals surface area contributed by atoms with Crippen LogP contribution in [0.1, 0.15) is 5.69 Å². The fraction of sp³-hybridized carbons (Fsp3) is 0.143. The van der Waals surface area contributed by atoms with Crippen LogP contribution >= 0.6 is 0 Å². The molecule has 0 atom stereocenters. The van der Waals surface area contributed by atoms with E-state index in [1.54, 1.807) is 18.5 Å². The van der Waals surface area contributed by atoms with Gasteiger partial charge in [0, 0.05) is 44.6 Å². The summed E-state index contributed by atoms with van der Waals surface area (Å²) in [5, 5.41) is 0. The van der Waals surface area contributed by atoms with Crippen molar-refractivity contribution in [1.29, 1.82) is 0 Å². The molecule has 0 aliphatic rings. The monoisotopic (exact) mass is 209 g/mol. The normalized spacial score (nSPS) is 8.00. The Hall–Kier alpha value is -0.0761. The number of hydrogen-bond acceptors (Lipinski definition) is 2. The Labute approximate surface area is 84.9 Å². The van der Waals surface area contributed by atoms with Crippen molar-refractivity contribution in [3.05, 3.63) is 30.1 Å². The van der Waals surface area contributed by atoms with Crippen LogP contribution in [0.15, 0.2) is 24.4 Å². The molecule has 1 aromatic rings. The maximum absolute atomic E-state index is 9.81. The zero-order chi connectivity index (χ0) is 6.53. The van der Waals surface area contributed by atoms with Crippen molar-refractivity contribution in [1.82, 2.24) is 4.98 Å². The summed E-state index contributed by atoms with van der Waals surface area (Å²) in [5.74, 6) is 0. The van der Waals surface area contributed by atoms with Gasteiger partial charge in [-0.25, -0.2) is 0 Å². The van der Waals surface area contributed by atoms with Crippen molar-refractivity contribution in [2.45, 2.75) is 6.42 Å². The van der Waals surface area contributed by atoms with Crippen molar-refractivity contribution in [3.63, 3.8) is 0 Å². The largest absolute Gasteiger partial charge is 0.541 e. The Morgan fingerprint density at radius 3 is 2.80 bits per heavy atom. The van der Waals surface area contributed by atoms with Crippen molar-refractivity contribution in [2.75, 3.05) is 0 Å². The number of hydrogen-bond donors (Lipinski definition) is 0. The van der Waals surface area contributed by atoms with E-state index < -0.39 is 0 Å². The van der Waals surface area contributed by atoms with Crippen LogP contribution in [0.3, 0.4) is 0 Å². The number of pyridine rings is 1. The first-order chi connectivity index (χ1) is 4.43. The van der Waals surface area contributed by atoms with Crippen LogP contribution in [0.5, 0.6) is 0 Å². The predicted molar refractivity (Wildman–Crippen MR) is 33.6 cm³/mol. The van der Waals surface area contributed by atoms with Gasteiger partial charge in [-0.15, -0.1) is 6.42 Å². The smallest absolute Gasteiger partial charge is 0.0270 e. The van der Waals surface area contributed by atoms with Gasteiger partial charge in [0.15, 0.2) is 0 Å². The molecule has 0 saturated carbocycles. The molecule has 1 aromatic heterocycles. The molecule has 1 rings (SSSR count). The van der Waals surface area contributed by atoms with Crippen molar-refractivity contribution in [2.24, 2.45) is 0 Å². The zero-order valence-electron chi connectivity index (χ0n) is 5.45. The first-order valence-corrected chi connectivity index (χ1v) is 2.68. The SMILES string of the molecule is O=[C-]Cc1ccccn1.[Y]. The van der Waals surface area contributed by atoms with Gasteiger partial charge in [-0.2, -0.15) is 0 Å². The van der Waals surface area contributed by atoms with E-state index in [4.69, 9.17) is 0 Å². The molecule has 0 bridgehead atoms. The third-order valence-corrected chi connectivity index (χ3v) is 0.979. The van der Waals surface area contributed by atoms with Crippen LogP contribution < -0.4 is 0 Å². The molecule has 0 spiro atoms. The molecule has 0 N–H and O–H groups in total. The average Bonchev–Trinajstić information content (AvgIpc) is 1.91. The Kier molecular flexibility index (Phi) is 5.65. The molecule has 2 nitrogen and oxygen atoms in total. The summed E-state index contributed by atoms with van der Waals surface area (Å²) >= 11 is 0. The quantitative estimate of drug-likeness (QED) is 0.672. The first kappa shape index (κ1) is 9.92. The fourth-order valence-corrected chi connectivity index (χ4v) is 0.577. The van der Waals surface area contributed by atoms with Gasteiger partial charge in [0.05, 0.1) is 0 Å². The summed E-state index contributed by atoms with van der Waals surface area (Å²) in [6, 6.07) is 5.46. The van der Waals surface area contributed by atoms with Gasteiger partial charge in [0.1, 0.15) is 0 Å². The molecule has 0 fully saturated rings. The summed E-state index contributed by atoms with van der Waals surface area (Å²) in [5.41, 5.74) is 0.771. The van der Waals surface area contributed by atoms with Crippen molar-refractivity contribution < 1.29 is 37.5 Å².